The van der Waals surface area contributed by atoms with Crippen LogP contribution in [-0.2, 0) is 19.1 Å². The van der Waals surface area contributed by atoms with E-state index in [4.69, 9.17) is 27.9 Å². The van der Waals surface area contributed by atoms with Gasteiger partial charge in [0.2, 0.25) is 5.91 Å². The van der Waals surface area contributed by atoms with Crippen LogP contribution in [0, 0.1) is 12.8 Å². The quantitative estimate of drug-likeness (QED) is 0.530. The third kappa shape index (κ3) is 3.14. The van der Waals surface area contributed by atoms with Crippen LogP contribution in [0.2, 0.25) is 10.0 Å². The Bertz CT molecular complexity index is 1100. The molecule has 0 unspecified atom stereocenters. The normalized spacial score (nSPS) is 20.5. The third-order valence-electron chi connectivity index (χ3n) is 5.09. The van der Waals surface area contributed by atoms with Gasteiger partial charge in [0.15, 0.2) is 5.71 Å². The average molecular weight is 446 g/mol. The number of esters is 1. The topological polar surface area (TPSA) is 79.3 Å². The van der Waals surface area contributed by atoms with Crippen LogP contribution in [0.3, 0.4) is 0 Å². The molecule has 0 N–H and O–H groups in total. The number of hydrogen-bond acceptors (Lipinski definition) is 6. The lowest BCUT2D eigenvalue weighted by molar-refractivity contribution is -0.136. The fourth-order valence-corrected chi connectivity index (χ4v) is 4.05. The van der Waals surface area contributed by atoms with Crippen molar-refractivity contribution in [2.24, 2.45) is 11.0 Å². The van der Waals surface area contributed by atoms with Gasteiger partial charge in [0, 0.05) is 10.0 Å². The van der Waals surface area contributed by atoms with E-state index < -0.39 is 29.7 Å². The average Bonchev–Trinajstić information content (AvgIpc) is 3.22. The number of hydrazone groups is 1. The number of benzene rings is 2. The number of hydrogen-bond donors (Lipinski definition) is 0. The molecule has 7 nitrogen and oxygen atoms in total. The van der Waals surface area contributed by atoms with E-state index >= 15 is 0 Å². The Hall–Kier alpha value is -2.90. The molecule has 2 amide bonds. The van der Waals surface area contributed by atoms with E-state index in [1.165, 1.54) is 5.01 Å². The summed E-state index contributed by atoms with van der Waals surface area (Å²) in [6.45, 7) is 3.50. The lowest BCUT2D eigenvalue weighted by Crippen LogP contribution is -2.39. The zero-order valence-corrected chi connectivity index (χ0v) is 17.6. The summed E-state index contributed by atoms with van der Waals surface area (Å²) in [4.78, 5) is 40.4. The first-order chi connectivity index (χ1) is 14.3. The molecular formula is C21H17Cl2N3O4. The Labute approximate surface area is 182 Å². The zero-order valence-electron chi connectivity index (χ0n) is 16.1. The van der Waals surface area contributed by atoms with Crippen LogP contribution in [0.4, 0.5) is 11.4 Å². The number of halogens is 2. The minimum absolute atomic E-state index is 0.109. The number of fused-ring (bicyclic) bond motifs is 1. The summed E-state index contributed by atoms with van der Waals surface area (Å²) in [5, 5.41) is 6.52. The molecule has 30 heavy (non-hydrogen) atoms. The first-order valence-corrected chi connectivity index (χ1v) is 10.0. The highest BCUT2D eigenvalue weighted by atomic mass is 35.5. The van der Waals surface area contributed by atoms with Crippen molar-refractivity contribution < 1.29 is 19.1 Å². The van der Waals surface area contributed by atoms with Crippen LogP contribution in [0.25, 0.3) is 0 Å². The summed E-state index contributed by atoms with van der Waals surface area (Å²) >= 11 is 12.3. The molecule has 154 valence electrons. The number of imide groups is 1. The Morgan fingerprint density at radius 2 is 1.87 bits per heavy atom. The maximum Gasteiger partial charge on any atom is 0.355 e. The molecule has 0 saturated carbocycles. The summed E-state index contributed by atoms with van der Waals surface area (Å²) in [5.74, 6) is -2.87. The highest BCUT2D eigenvalue weighted by Crippen LogP contribution is 2.40. The molecule has 0 bridgehead atoms. The number of carbonyl (C=O) groups is 3. The fourth-order valence-electron chi connectivity index (χ4n) is 3.70. The molecule has 2 atom stereocenters. The molecule has 0 aromatic heterocycles. The lowest BCUT2D eigenvalue weighted by Gasteiger charge is -2.23. The van der Waals surface area contributed by atoms with Gasteiger partial charge in [-0.1, -0.05) is 35.3 Å². The number of ether oxygens (including phenoxy) is 1. The van der Waals surface area contributed by atoms with Crippen LogP contribution in [0.1, 0.15) is 12.5 Å². The van der Waals surface area contributed by atoms with Gasteiger partial charge in [-0.05, 0) is 49.7 Å². The summed E-state index contributed by atoms with van der Waals surface area (Å²) in [6, 6.07) is 10.6. The first-order valence-electron chi connectivity index (χ1n) is 9.28. The van der Waals surface area contributed by atoms with Gasteiger partial charge >= 0.3 is 5.97 Å². The second-order valence-corrected chi connectivity index (χ2v) is 7.69. The zero-order chi connectivity index (χ0) is 21.6. The molecule has 2 heterocycles. The van der Waals surface area contributed by atoms with Gasteiger partial charge in [-0.15, -0.1) is 0 Å². The molecule has 9 heteroatoms. The minimum Gasteiger partial charge on any atom is -0.461 e. The summed E-state index contributed by atoms with van der Waals surface area (Å²) in [5.41, 5.74) is 1.34. The predicted molar refractivity (Wildman–Crippen MR) is 114 cm³/mol. The van der Waals surface area contributed by atoms with Gasteiger partial charge in [0.1, 0.15) is 12.0 Å². The summed E-state index contributed by atoms with van der Waals surface area (Å²) in [7, 11) is 0. The SMILES string of the molecule is CCOC(=O)C1=NN(c2cccc(Cl)c2)[C@H]2C(=O)N(c3cccc(Cl)c3C)C(=O)[C@@H]12. The standard InChI is InChI=1S/C21H17Cl2N3O4/c1-3-30-21(29)17-16-18(26(24-17)13-7-4-6-12(22)10-13)20(28)25(19(16)27)15-9-5-8-14(23)11(15)2/h4-10,16,18H,3H2,1-2H3/t16-,18+/m0/s1. The fraction of sp³-hybridized carbons (Fsp3) is 0.238. The maximum absolute atomic E-state index is 13.4. The Kier molecular flexibility index (Phi) is 5.26. The molecule has 0 radical (unpaired) electrons. The molecule has 0 spiro atoms. The summed E-state index contributed by atoms with van der Waals surface area (Å²) < 4.78 is 5.08. The van der Waals surface area contributed by atoms with E-state index in [1.54, 1.807) is 56.3 Å². The van der Waals surface area contributed by atoms with Crippen molar-refractivity contribution in [1.82, 2.24) is 0 Å². The van der Waals surface area contributed by atoms with Gasteiger partial charge < -0.3 is 4.74 Å². The van der Waals surface area contributed by atoms with E-state index in [-0.39, 0.29) is 12.3 Å². The van der Waals surface area contributed by atoms with Crippen molar-refractivity contribution in [3.63, 3.8) is 0 Å². The van der Waals surface area contributed by atoms with Crippen molar-refractivity contribution >= 4 is 58.1 Å². The third-order valence-corrected chi connectivity index (χ3v) is 5.73. The monoisotopic (exact) mass is 445 g/mol. The van der Waals surface area contributed by atoms with Gasteiger partial charge in [0.05, 0.1) is 18.0 Å². The second kappa shape index (κ2) is 7.74. The van der Waals surface area contributed by atoms with Gasteiger partial charge in [-0.3, -0.25) is 14.6 Å². The molecule has 2 aliphatic heterocycles. The summed E-state index contributed by atoms with van der Waals surface area (Å²) in [6.07, 6.45) is 0. The second-order valence-electron chi connectivity index (χ2n) is 6.85. The molecule has 4 rings (SSSR count). The number of anilines is 2. The largest absolute Gasteiger partial charge is 0.461 e. The van der Waals surface area contributed by atoms with E-state index in [0.29, 0.717) is 27.0 Å². The smallest absolute Gasteiger partial charge is 0.355 e. The Morgan fingerprint density at radius 3 is 2.57 bits per heavy atom. The number of rotatable bonds is 4. The van der Waals surface area contributed by atoms with Crippen molar-refractivity contribution in [2.75, 3.05) is 16.5 Å². The van der Waals surface area contributed by atoms with Crippen LogP contribution < -0.4 is 9.91 Å². The van der Waals surface area contributed by atoms with Crippen LogP contribution in [-0.4, -0.2) is 36.1 Å². The molecule has 1 fully saturated rings. The van der Waals surface area contributed by atoms with Crippen LogP contribution >= 0.6 is 23.2 Å². The van der Waals surface area contributed by atoms with Crippen LogP contribution in [0.5, 0.6) is 0 Å². The van der Waals surface area contributed by atoms with E-state index in [9.17, 15) is 14.4 Å². The maximum atomic E-state index is 13.4. The molecule has 2 aliphatic rings. The van der Waals surface area contributed by atoms with E-state index in [1.807, 2.05) is 0 Å². The first kappa shape index (κ1) is 20.4. The van der Waals surface area contributed by atoms with E-state index in [0.717, 1.165) is 4.90 Å². The molecular weight excluding hydrogens is 429 g/mol. The Balaban J connectivity index is 1.83. The molecule has 0 aliphatic carbocycles. The highest BCUT2D eigenvalue weighted by molar-refractivity contribution is 6.47. The number of carbonyl (C=O) groups excluding carboxylic acids is 3. The lowest BCUT2D eigenvalue weighted by atomic mass is 9.97. The molecule has 2 aromatic rings. The Morgan fingerprint density at radius 1 is 1.13 bits per heavy atom. The van der Waals surface area contributed by atoms with Crippen molar-refractivity contribution in [3.05, 3.63) is 58.1 Å². The highest BCUT2D eigenvalue weighted by Gasteiger charge is 2.59. The predicted octanol–water partition coefficient (Wildman–Crippen LogP) is 3.60. The van der Waals surface area contributed by atoms with Crippen molar-refractivity contribution in [1.29, 1.82) is 0 Å². The molecule has 2 aromatic carbocycles. The van der Waals surface area contributed by atoms with Crippen molar-refractivity contribution in [2.45, 2.75) is 19.9 Å². The van der Waals surface area contributed by atoms with Gasteiger partial charge in [-0.2, -0.15) is 5.10 Å². The number of nitrogens with zero attached hydrogens (tertiary/aromatic N) is 3. The van der Waals surface area contributed by atoms with Gasteiger partial charge in [0.25, 0.3) is 5.91 Å². The van der Waals surface area contributed by atoms with Crippen molar-refractivity contribution in [3.8, 4) is 0 Å². The van der Waals surface area contributed by atoms with E-state index in [2.05, 4.69) is 5.10 Å². The minimum atomic E-state index is -1.09. The number of amides is 2. The van der Waals surface area contributed by atoms with Gasteiger partial charge in [-0.25, -0.2) is 9.69 Å². The molecule has 1 saturated heterocycles. The van der Waals surface area contributed by atoms with Crippen LogP contribution in [0.15, 0.2) is 47.6 Å².